The number of hydrogen-bond acceptors (Lipinski definition) is 2. The standard InChI is InChI=1S/C6H10O2.Na.H/c1-6(8)4-2-3-5-7;;/h5H,2-4H2,1H3;;. The van der Waals surface area contributed by atoms with Crippen molar-refractivity contribution < 1.29 is 9.59 Å². The van der Waals surface area contributed by atoms with E-state index in [1.165, 1.54) is 6.92 Å². The van der Waals surface area contributed by atoms with Crippen LogP contribution in [0.1, 0.15) is 26.2 Å². The Morgan fingerprint density at radius 1 is 1.56 bits per heavy atom. The molecule has 3 heteroatoms. The van der Waals surface area contributed by atoms with Crippen molar-refractivity contribution >= 4 is 41.6 Å². The van der Waals surface area contributed by atoms with Gasteiger partial charge in [0.2, 0.25) is 0 Å². The predicted molar refractivity (Wildman–Crippen MR) is 37.7 cm³/mol. The van der Waals surface area contributed by atoms with Crippen molar-refractivity contribution in [3.05, 3.63) is 0 Å². The van der Waals surface area contributed by atoms with Crippen LogP contribution in [-0.2, 0) is 9.59 Å². The molecule has 0 spiro atoms. The SMILES string of the molecule is CC(=O)CCCC=O.[NaH]. The van der Waals surface area contributed by atoms with Gasteiger partial charge in [0.25, 0.3) is 0 Å². The first kappa shape index (κ1) is 12.1. The monoisotopic (exact) mass is 138 g/mol. The number of aldehydes is 1. The second-order valence-corrected chi connectivity index (χ2v) is 1.76. The molecule has 2 nitrogen and oxygen atoms in total. The summed E-state index contributed by atoms with van der Waals surface area (Å²) in [5.41, 5.74) is 0. The molecule has 0 aliphatic rings. The van der Waals surface area contributed by atoms with E-state index < -0.39 is 0 Å². The summed E-state index contributed by atoms with van der Waals surface area (Å²) in [6.45, 7) is 1.53. The van der Waals surface area contributed by atoms with E-state index in [2.05, 4.69) is 0 Å². The fourth-order valence-electron chi connectivity index (χ4n) is 0.434. The number of unbranched alkanes of at least 4 members (excludes halogenated alkanes) is 1. The Morgan fingerprint density at radius 2 is 2.11 bits per heavy atom. The molecule has 9 heavy (non-hydrogen) atoms. The molecule has 0 heterocycles. The molecule has 0 N–H and O–H groups in total. The maximum absolute atomic E-state index is 10.2. The molecule has 48 valence electrons. The molecular formula is C6H11NaO2. The molecule has 0 aromatic heterocycles. The van der Waals surface area contributed by atoms with Crippen LogP contribution in [0.15, 0.2) is 0 Å². The number of ketones is 1. The molecule has 0 aromatic carbocycles. The van der Waals surface area contributed by atoms with Gasteiger partial charge in [0.1, 0.15) is 12.1 Å². The average Bonchev–Trinajstić information content (AvgIpc) is 1.66. The van der Waals surface area contributed by atoms with Crippen molar-refractivity contribution in [2.45, 2.75) is 26.2 Å². The Bertz CT molecular complexity index is 91.1. The summed E-state index contributed by atoms with van der Waals surface area (Å²) in [7, 11) is 0. The molecule has 0 fully saturated rings. The Kier molecular flexibility index (Phi) is 11.2. The van der Waals surface area contributed by atoms with E-state index >= 15 is 0 Å². The Labute approximate surface area is 77.3 Å². The first-order valence-corrected chi connectivity index (χ1v) is 2.70. The third kappa shape index (κ3) is 11.8. The summed E-state index contributed by atoms with van der Waals surface area (Å²) in [6, 6.07) is 0. The van der Waals surface area contributed by atoms with Crippen molar-refractivity contribution in [3.8, 4) is 0 Å². The maximum atomic E-state index is 10.2. The first-order chi connectivity index (χ1) is 3.77. The third-order valence-corrected chi connectivity index (χ3v) is 0.851. The molecule has 0 bridgehead atoms. The van der Waals surface area contributed by atoms with Crippen molar-refractivity contribution in [1.82, 2.24) is 0 Å². The van der Waals surface area contributed by atoms with E-state index in [4.69, 9.17) is 0 Å². The molecule has 0 aliphatic heterocycles. The van der Waals surface area contributed by atoms with Crippen molar-refractivity contribution in [3.63, 3.8) is 0 Å². The summed E-state index contributed by atoms with van der Waals surface area (Å²) in [6.07, 6.45) is 2.60. The molecule has 0 saturated heterocycles. The quantitative estimate of drug-likeness (QED) is 0.318. The fraction of sp³-hybridized carbons (Fsp3) is 0.667. The van der Waals surface area contributed by atoms with Crippen LogP contribution < -0.4 is 0 Å². The second kappa shape index (κ2) is 8.34. The first-order valence-electron chi connectivity index (χ1n) is 2.70. The summed E-state index contributed by atoms with van der Waals surface area (Å²) in [4.78, 5) is 19.9. The molecule has 0 aliphatic carbocycles. The van der Waals surface area contributed by atoms with Gasteiger partial charge >= 0.3 is 29.6 Å². The zero-order valence-electron chi connectivity index (χ0n) is 5.02. The second-order valence-electron chi connectivity index (χ2n) is 1.76. The number of Topliss-reactive ketones (excluding diaryl/α,β-unsaturated/α-hetero) is 1. The Morgan fingerprint density at radius 3 is 2.44 bits per heavy atom. The van der Waals surface area contributed by atoms with Gasteiger partial charge in [-0.3, -0.25) is 0 Å². The van der Waals surface area contributed by atoms with E-state index in [-0.39, 0.29) is 35.3 Å². The van der Waals surface area contributed by atoms with Gasteiger partial charge in [0.05, 0.1) is 0 Å². The molecule has 0 radical (unpaired) electrons. The van der Waals surface area contributed by atoms with E-state index in [0.29, 0.717) is 19.3 Å². The third-order valence-electron chi connectivity index (χ3n) is 0.851. The predicted octanol–water partition coefficient (Wildman–Crippen LogP) is 0.296. The van der Waals surface area contributed by atoms with Gasteiger partial charge in [-0.2, -0.15) is 0 Å². The summed E-state index contributed by atoms with van der Waals surface area (Å²) in [5, 5.41) is 0. The average molecular weight is 138 g/mol. The molecular weight excluding hydrogens is 127 g/mol. The topological polar surface area (TPSA) is 34.1 Å². The van der Waals surface area contributed by atoms with Gasteiger partial charge in [-0.25, -0.2) is 0 Å². The summed E-state index contributed by atoms with van der Waals surface area (Å²) >= 11 is 0. The molecule has 0 unspecified atom stereocenters. The van der Waals surface area contributed by atoms with Crippen LogP contribution in [0.3, 0.4) is 0 Å². The zero-order valence-corrected chi connectivity index (χ0v) is 5.02. The molecule has 0 aromatic rings. The minimum atomic E-state index is 0. The van der Waals surface area contributed by atoms with Crippen LogP contribution >= 0.6 is 0 Å². The van der Waals surface area contributed by atoms with Crippen LogP contribution in [0.5, 0.6) is 0 Å². The van der Waals surface area contributed by atoms with Crippen molar-refractivity contribution in [2.24, 2.45) is 0 Å². The molecule has 0 amide bonds. The number of rotatable bonds is 4. The van der Waals surface area contributed by atoms with Gasteiger partial charge < -0.3 is 9.59 Å². The molecule has 0 atom stereocenters. The van der Waals surface area contributed by atoms with Gasteiger partial charge in [-0.05, 0) is 13.3 Å². The normalized spacial score (nSPS) is 7.67. The van der Waals surface area contributed by atoms with Gasteiger partial charge in [0.15, 0.2) is 0 Å². The van der Waals surface area contributed by atoms with E-state index in [0.717, 1.165) is 6.29 Å². The summed E-state index contributed by atoms with van der Waals surface area (Å²) < 4.78 is 0. The van der Waals surface area contributed by atoms with Crippen molar-refractivity contribution in [2.75, 3.05) is 0 Å². The van der Waals surface area contributed by atoms with E-state index in [1.54, 1.807) is 0 Å². The van der Waals surface area contributed by atoms with Crippen molar-refractivity contribution in [1.29, 1.82) is 0 Å². The van der Waals surface area contributed by atoms with E-state index in [1.807, 2.05) is 0 Å². The number of hydrogen-bond donors (Lipinski definition) is 0. The fourth-order valence-corrected chi connectivity index (χ4v) is 0.434. The zero-order chi connectivity index (χ0) is 6.41. The minimum absolute atomic E-state index is 0. The molecule has 0 saturated carbocycles. The Hall–Kier alpha value is 0.340. The van der Waals surface area contributed by atoms with Crippen LogP contribution in [0.4, 0.5) is 0 Å². The van der Waals surface area contributed by atoms with Crippen LogP contribution in [0.25, 0.3) is 0 Å². The summed E-state index contributed by atoms with van der Waals surface area (Å²) in [5.74, 6) is 0.159. The van der Waals surface area contributed by atoms with E-state index in [9.17, 15) is 9.59 Å². The Balaban J connectivity index is 0. The van der Waals surface area contributed by atoms with Crippen LogP contribution in [-0.4, -0.2) is 41.6 Å². The van der Waals surface area contributed by atoms with Crippen LogP contribution in [0.2, 0.25) is 0 Å². The van der Waals surface area contributed by atoms with Crippen LogP contribution in [0, 0.1) is 0 Å². The number of carbonyl (C=O) groups is 2. The van der Waals surface area contributed by atoms with Gasteiger partial charge in [-0.15, -0.1) is 0 Å². The number of carbonyl (C=O) groups excluding carboxylic acids is 2. The molecule has 0 rings (SSSR count). The van der Waals surface area contributed by atoms with Gasteiger partial charge in [-0.1, -0.05) is 0 Å². The van der Waals surface area contributed by atoms with Gasteiger partial charge in [0, 0.05) is 12.8 Å².